The first-order valence-corrected chi connectivity index (χ1v) is 38.1. The van der Waals surface area contributed by atoms with Crippen molar-refractivity contribution in [1.29, 1.82) is 0 Å². The van der Waals surface area contributed by atoms with Gasteiger partial charge in [-0.2, -0.15) is 0 Å². The summed E-state index contributed by atoms with van der Waals surface area (Å²) in [6.07, 6.45) is 92.5. The summed E-state index contributed by atoms with van der Waals surface area (Å²) in [5.74, 6) is -0.0220. The van der Waals surface area contributed by atoms with E-state index in [-0.39, 0.29) is 18.5 Å². The number of amides is 1. The van der Waals surface area contributed by atoms with Crippen LogP contribution >= 0.6 is 0 Å². The first kappa shape index (κ1) is 81.3. The molecule has 0 aliphatic carbocycles. The number of hydrogen-bond donors (Lipinski definition) is 3. The summed E-state index contributed by atoms with van der Waals surface area (Å²) >= 11 is 0. The third-order valence-corrected chi connectivity index (χ3v) is 18.0. The van der Waals surface area contributed by atoms with Crippen LogP contribution in [0.1, 0.15) is 431 Å². The van der Waals surface area contributed by atoms with E-state index in [2.05, 4.69) is 43.5 Å². The second-order valence-corrected chi connectivity index (χ2v) is 26.3. The van der Waals surface area contributed by atoms with E-state index >= 15 is 0 Å². The van der Waals surface area contributed by atoms with Gasteiger partial charge in [-0.15, -0.1) is 0 Å². The lowest BCUT2D eigenvalue weighted by molar-refractivity contribution is -0.143. The Hall–Kier alpha value is -1.66. The SMILES string of the molecule is CCCCCC/C=C\CCCCCCCC(=O)OCCCCCCCCCCCCCC/C=C\CCCCCCCCCCCCCCC(=O)NC(CO)C(O)CCCCCCCCCCCCCCCCCCCCCCCCCCC. The van der Waals surface area contributed by atoms with E-state index in [4.69, 9.17) is 4.74 Å². The molecule has 0 aliphatic heterocycles. The maximum absolute atomic E-state index is 12.6. The molecule has 83 heavy (non-hydrogen) atoms. The predicted molar refractivity (Wildman–Crippen MR) is 366 cm³/mol. The van der Waals surface area contributed by atoms with Gasteiger partial charge in [-0.05, 0) is 77.0 Å². The van der Waals surface area contributed by atoms with Crippen molar-refractivity contribution in [3.63, 3.8) is 0 Å². The number of allylic oxidation sites excluding steroid dienone is 4. The van der Waals surface area contributed by atoms with Crippen LogP contribution in [-0.2, 0) is 14.3 Å². The second-order valence-electron chi connectivity index (χ2n) is 26.3. The van der Waals surface area contributed by atoms with Crippen LogP contribution in [0.15, 0.2) is 24.3 Å². The molecule has 0 spiro atoms. The van der Waals surface area contributed by atoms with Crippen molar-refractivity contribution in [2.75, 3.05) is 13.2 Å². The van der Waals surface area contributed by atoms with Crippen molar-refractivity contribution in [1.82, 2.24) is 5.32 Å². The number of carbonyl (C=O) groups is 2. The molecule has 6 heteroatoms. The molecule has 2 unspecified atom stereocenters. The van der Waals surface area contributed by atoms with Crippen LogP contribution in [0.2, 0.25) is 0 Å². The maximum Gasteiger partial charge on any atom is 0.305 e. The Kier molecular flexibility index (Phi) is 71.4. The average molecular weight is 1170 g/mol. The molecule has 0 radical (unpaired) electrons. The lowest BCUT2D eigenvalue weighted by Crippen LogP contribution is -2.45. The minimum atomic E-state index is -0.666. The molecule has 0 rings (SSSR count). The summed E-state index contributed by atoms with van der Waals surface area (Å²) in [6.45, 7) is 4.98. The Morgan fingerprint density at radius 1 is 0.325 bits per heavy atom. The molecular weight excluding hydrogens is 1020 g/mol. The highest BCUT2D eigenvalue weighted by molar-refractivity contribution is 5.76. The van der Waals surface area contributed by atoms with E-state index in [1.54, 1.807) is 0 Å². The van der Waals surface area contributed by atoms with Crippen LogP contribution < -0.4 is 5.32 Å². The molecule has 0 aliphatic rings. The normalized spacial score (nSPS) is 12.6. The average Bonchev–Trinajstić information content (AvgIpc) is 3.48. The number of ether oxygens (including phenoxy) is 1. The zero-order valence-corrected chi connectivity index (χ0v) is 56.5. The molecule has 6 nitrogen and oxygen atoms in total. The molecule has 3 N–H and O–H groups in total. The van der Waals surface area contributed by atoms with E-state index in [0.717, 1.165) is 44.9 Å². The molecule has 0 aromatic carbocycles. The maximum atomic E-state index is 12.6. The van der Waals surface area contributed by atoms with Crippen LogP contribution in [0, 0.1) is 0 Å². The molecule has 0 aromatic heterocycles. The van der Waals surface area contributed by atoms with Crippen molar-refractivity contribution in [3.05, 3.63) is 24.3 Å². The summed E-state index contributed by atoms with van der Waals surface area (Å²) in [4.78, 5) is 24.6. The van der Waals surface area contributed by atoms with E-state index in [1.807, 2.05) is 0 Å². The molecule has 492 valence electrons. The Morgan fingerprint density at radius 2 is 0.566 bits per heavy atom. The van der Waals surface area contributed by atoms with E-state index < -0.39 is 12.1 Å². The van der Waals surface area contributed by atoms with Gasteiger partial charge < -0.3 is 20.3 Å². The highest BCUT2D eigenvalue weighted by atomic mass is 16.5. The number of aliphatic hydroxyl groups is 2. The monoisotopic (exact) mass is 1170 g/mol. The number of esters is 1. The van der Waals surface area contributed by atoms with E-state index in [0.29, 0.717) is 25.9 Å². The van der Waals surface area contributed by atoms with Crippen molar-refractivity contribution < 1.29 is 24.5 Å². The fourth-order valence-electron chi connectivity index (χ4n) is 12.2. The molecular formula is C77H149NO5. The third-order valence-electron chi connectivity index (χ3n) is 18.0. The molecule has 0 saturated heterocycles. The van der Waals surface area contributed by atoms with Gasteiger partial charge in [0.05, 0.1) is 25.4 Å². The summed E-state index contributed by atoms with van der Waals surface area (Å²) in [5, 5.41) is 23.5. The third kappa shape index (κ3) is 69.3. The van der Waals surface area contributed by atoms with Gasteiger partial charge in [-0.3, -0.25) is 9.59 Å². The smallest absolute Gasteiger partial charge is 0.305 e. The van der Waals surface area contributed by atoms with Gasteiger partial charge in [0.2, 0.25) is 5.91 Å². The number of nitrogens with one attached hydrogen (secondary N) is 1. The highest BCUT2D eigenvalue weighted by Crippen LogP contribution is 2.20. The summed E-state index contributed by atoms with van der Waals surface area (Å²) in [7, 11) is 0. The predicted octanol–water partition coefficient (Wildman–Crippen LogP) is 24.9. The van der Waals surface area contributed by atoms with Crippen LogP contribution in [0.25, 0.3) is 0 Å². The standard InChI is InChI=1S/C77H149NO5/c1-3-5-7-9-11-13-15-17-18-19-20-21-22-27-30-33-36-39-42-46-49-53-57-61-65-69-75(80)74(73-79)78-76(81)70-66-62-58-54-50-47-43-40-37-34-31-28-25-23-24-26-29-32-35-38-41-44-48-52-56-60-64-68-72-83-77(82)71-67-63-59-55-51-45-16-14-12-10-8-6-4-2/h14,16,23-24,74-75,79-80H,3-13,15,17-22,25-73H2,1-2H3,(H,78,81)/b16-14-,24-23-. The first-order valence-electron chi connectivity index (χ1n) is 38.1. The molecule has 0 saturated carbocycles. The first-order chi connectivity index (χ1) is 41.0. The van der Waals surface area contributed by atoms with Crippen molar-refractivity contribution in [3.8, 4) is 0 Å². The van der Waals surface area contributed by atoms with Crippen LogP contribution in [0.5, 0.6) is 0 Å². The topological polar surface area (TPSA) is 95.9 Å². The molecule has 0 bridgehead atoms. The minimum absolute atomic E-state index is 0.00749. The highest BCUT2D eigenvalue weighted by Gasteiger charge is 2.20. The summed E-state index contributed by atoms with van der Waals surface area (Å²) in [6, 6.07) is -0.543. The fraction of sp³-hybridized carbons (Fsp3) is 0.922. The molecule has 1 amide bonds. The van der Waals surface area contributed by atoms with Gasteiger partial charge in [0, 0.05) is 12.8 Å². The number of aliphatic hydroxyl groups excluding tert-OH is 2. The molecule has 2 atom stereocenters. The van der Waals surface area contributed by atoms with Gasteiger partial charge >= 0.3 is 5.97 Å². The largest absolute Gasteiger partial charge is 0.466 e. The Balaban J connectivity index is 3.38. The van der Waals surface area contributed by atoms with Gasteiger partial charge in [-0.25, -0.2) is 0 Å². The zero-order valence-electron chi connectivity index (χ0n) is 56.5. The van der Waals surface area contributed by atoms with Crippen molar-refractivity contribution >= 4 is 11.9 Å². The van der Waals surface area contributed by atoms with Gasteiger partial charge in [0.25, 0.3) is 0 Å². The molecule has 0 aromatic rings. The Bertz CT molecular complexity index is 1300. The van der Waals surface area contributed by atoms with Crippen LogP contribution in [0.4, 0.5) is 0 Å². The van der Waals surface area contributed by atoms with Crippen LogP contribution in [0.3, 0.4) is 0 Å². The Labute approximate surface area is 520 Å². The lowest BCUT2D eigenvalue weighted by atomic mass is 10.0. The molecule has 0 fully saturated rings. The summed E-state index contributed by atoms with van der Waals surface area (Å²) in [5.41, 5.74) is 0. The van der Waals surface area contributed by atoms with E-state index in [9.17, 15) is 19.8 Å². The molecule has 0 heterocycles. The van der Waals surface area contributed by atoms with Crippen molar-refractivity contribution in [2.45, 2.75) is 443 Å². The summed E-state index contributed by atoms with van der Waals surface area (Å²) < 4.78 is 5.48. The second kappa shape index (κ2) is 72.8. The van der Waals surface area contributed by atoms with Gasteiger partial charge in [0.1, 0.15) is 0 Å². The number of carbonyl (C=O) groups excluding carboxylic acids is 2. The minimum Gasteiger partial charge on any atom is -0.466 e. The number of rotatable bonds is 72. The van der Waals surface area contributed by atoms with E-state index in [1.165, 1.54) is 353 Å². The van der Waals surface area contributed by atoms with Crippen molar-refractivity contribution in [2.24, 2.45) is 0 Å². The zero-order chi connectivity index (χ0) is 59.9. The van der Waals surface area contributed by atoms with Crippen LogP contribution in [-0.4, -0.2) is 47.4 Å². The number of hydrogen-bond acceptors (Lipinski definition) is 5. The Morgan fingerprint density at radius 3 is 0.867 bits per heavy atom. The quantitative estimate of drug-likeness (QED) is 0.0320. The van der Waals surface area contributed by atoms with Gasteiger partial charge in [-0.1, -0.05) is 366 Å². The number of unbranched alkanes of at least 4 members (excludes halogenated alkanes) is 57. The fourth-order valence-corrected chi connectivity index (χ4v) is 12.2. The lowest BCUT2D eigenvalue weighted by Gasteiger charge is -2.22. The van der Waals surface area contributed by atoms with Gasteiger partial charge in [0.15, 0.2) is 0 Å².